The van der Waals surface area contributed by atoms with Gasteiger partial charge in [-0.1, -0.05) is 23.2 Å². The first-order valence-corrected chi connectivity index (χ1v) is 3.93. The molecule has 2 nitrogen and oxygen atoms in total. The molecule has 0 bridgehead atoms. The summed E-state index contributed by atoms with van der Waals surface area (Å²) in [7, 11) is 0. The second kappa shape index (κ2) is 3.39. The lowest BCUT2D eigenvalue weighted by molar-refractivity contribution is 0.812. The molecular formula is C7H8Cl2N2. The van der Waals surface area contributed by atoms with Crippen molar-refractivity contribution in [3.8, 4) is 0 Å². The number of rotatable bonds is 1. The van der Waals surface area contributed by atoms with Gasteiger partial charge in [-0.25, -0.2) is 4.98 Å². The second-order valence-corrected chi connectivity index (χ2v) is 3.12. The molecule has 1 aromatic rings. The summed E-state index contributed by atoms with van der Waals surface area (Å²) >= 11 is 11.4. The molecule has 4 heteroatoms. The van der Waals surface area contributed by atoms with Crippen LogP contribution in [0.1, 0.15) is 18.5 Å². The molecule has 0 aliphatic heterocycles. The predicted octanol–water partition coefficient (Wildman–Crippen LogP) is 2.41. The van der Waals surface area contributed by atoms with Crippen LogP contribution in [0.15, 0.2) is 12.3 Å². The summed E-state index contributed by atoms with van der Waals surface area (Å²) in [5.41, 5.74) is 6.38. The number of aromatic nitrogens is 1. The van der Waals surface area contributed by atoms with Gasteiger partial charge in [-0.05, 0) is 13.0 Å². The van der Waals surface area contributed by atoms with Gasteiger partial charge >= 0.3 is 0 Å². The normalized spacial score (nSPS) is 13.1. The lowest BCUT2D eigenvalue weighted by atomic mass is 10.2. The zero-order valence-electron chi connectivity index (χ0n) is 6.01. The Morgan fingerprint density at radius 2 is 2.18 bits per heavy atom. The maximum Gasteiger partial charge on any atom is 0.133 e. The van der Waals surface area contributed by atoms with Gasteiger partial charge in [-0.2, -0.15) is 0 Å². The Labute approximate surface area is 75.3 Å². The highest BCUT2D eigenvalue weighted by Crippen LogP contribution is 2.21. The fourth-order valence-corrected chi connectivity index (χ4v) is 1.20. The number of hydrogen-bond acceptors (Lipinski definition) is 2. The van der Waals surface area contributed by atoms with Crippen LogP contribution in [0.25, 0.3) is 0 Å². The summed E-state index contributed by atoms with van der Waals surface area (Å²) in [6, 6.07) is 1.59. The van der Waals surface area contributed by atoms with Gasteiger partial charge < -0.3 is 5.73 Å². The molecule has 0 saturated carbocycles. The third kappa shape index (κ3) is 2.06. The standard InChI is InChI=1S/C7H8Cl2N2/c1-4(10)6-2-5(8)3-11-7(6)9/h2-4H,10H2,1H3. The van der Waals surface area contributed by atoms with Gasteiger partial charge in [0.1, 0.15) is 5.15 Å². The van der Waals surface area contributed by atoms with Crippen molar-refractivity contribution in [2.45, 2.75) is 13.0 Å². The Morgan fingerprint density at radius 3 is 2.64 bits per heavy atom. The van der Waals surface area contributed by atoms with Crippen LogP contribution in [0.3, 0.4) is 0 Å². The van der Waals surface area contributed by atoms with E-state index in [4.69, 9.17) is 28.9 Å². The summed E-state index contributed by atoms with van der Waals surface area (Å²) in [6.07, 6.45) is 1.50. The van der Waals surface area contributed by atoms with Crippen molar-refractivity contribution in [2.24, 2.45) is 5.73 Å². The highest BCUT2D eigenvalue weighted by molar-refractivity contribution is 6.32. The fourth-order valence-electron chi connectivity index (χ4n) is 0.758. The lowest BCUT2D eigenvalue weighted by Crippen LogP contribution is -2.06. The van der Waals surface area contributed by atoms with Crippen LogP contribution in [0, 0.1) is 0 Å². The molecule has 60 valence electrons. The molecule has 0 aliphatic carbocycles. The van der Waals surface area contributed by atoms with Gasteiger partial charge in [0.15, 0.2) is 0 Å². The summed E-state index contributed by atoms with van der Waals surface area (Å²) < 4.78 is 0. The molecular weight excluding hydrogens is 183 g/mol. The molecule has 1 atom stereocenters. The smallest absolute Gasteiger partial charge is 0.133 e. The van der Waals surface area contributed by atoms with Crippen LogP contribution in [0.5, 0.6) is 0 Å². The molecule has 0 saturated heterocycles. The summed E-state index contributed by atoms with van der Waals surface area (Å²) in [5, 5.41) is 0.978. The maximum absolute atomic E-state index is 5.74. The molecule has 2 N–H and O–H groups in total. The zero-order valence-corrected chi connectivity index (χ0v) is 7.52. The van der Waals surface area contributed by atoms with Gasteiger partial charge in [0.25, 0.3) is 0 Å². The van der Waals surface area contributed by atoms with Gasteiger partial charge in [-0.15, -0.1) is 0 Å². The SMILES string of the molecule is CC(N)c1cc(Cl)cnc1Cl. The minimum Gasteiger partial charge on any atom is -0.324 e. The number of nitrogens with two attached hydrogens (primary N) is 1. The molecule has 1 heterocycles. The third-order valence-electron chi connectivity index (χ3n) is 1.32. The average Bonchev–Trinajstić information content (AvgIpc) is 1.94. The highest BCUT2D eigenvalue weighted by Gasteiger charge is 2.06. The van der Waals surface area contributed by atoms with Crippen molar-refractivity contribution in [1.29, 1.82) is 0 Å². The highest BCUT2D eigenvalue weighted by atomic mass is 35.5. The average molecular weight is 191 g/mol. The van der Waals surface area contributed by atoms with Gasteiger partial charge in [0, 0.05) is 17.8 Å². The van der Waals surface area contributed by atoms with E-state index >= 15 is 0 Å². The monoisotopic (exact) mass is 190 g/mol. The molecule has 0 aliphatic rings. The molecule has 0 spiro atoms. The van der Waals surface area contributed by atoms with E-state index in [-0.39, 0.29) is 6.04 Å². The first-order chi connectivity index (χ1) is 5.11. The third-order valence-corrected chi connectivity index (χ3v) is 1.85. The first-order valence-electron chi connectivity index (χ1n) is 3.18. The Hall–Kier alpha value is -0.310. The number of hydrogen-bond donors (Lipinski definition) is 1. The van der Waals surface area contributed by atoms with Gasteiger partial charge in [0.2, 0.25) is 0 Å². The van der Waals surface area contributed by atoms with E-state index in [0.717, 1.165) is 5.56 Å². The largest absolute Gasteiger partial charge is 0.324 e. The van der Waals surface area contributed by atoms with E-state index in [1.54, 1.807) is 6.07 Å². The summed E-state index contributed by atoms with van der Waals surface area (Å²) in [4.78, 5) is 3.85. The van der Waals surface area contributed by atoms with Crippen LogP contribution >= 0.6 is 23.2 Å². The van der Waals surface area contributed by atoms with Crippen molar-refractivity contribution < 1.29 is 0 Å². The van der Waals surface area contributed by atoms with E-state index in [1.807, 2.05) is 6.92 Å². The summed E-state index contributed by atoms with van der Waals surface area (Å²) in [5.74, 6) is 0. The minimum atomic E-state index is -0.131. The number of pyridine rings is 1. The predicted molar refractivity (Wildman–Crippen MR) is 46.9 cm³/mol. The molecule has 0 amide bonds. The van der Waals surface area contributed by atoms with E-state index in [2.05, 4.69) is 4.98 Å². The summed E-state index contributed by atoms with van der Waals surface area (Å²) in [6.45, 7) is 1.83. The molecule has 11 heavy (non-hydrogen) atoms. The molecule has 1 unspecified atom stereocenters. The van der Waals surface area contributed by atoms with E-state index in [9.17, 15) is 0 Å². The molecule has 0 radical (unpaired) electrons. The number of nitrogens with zero attached hydrogens (tertiary/aromatic N) is 1. The van der Waals surface area contributed by atoms with Crippen molar-refractivity contribution in [3.63, 3.8) is 0 Å². The lowest BCUT2D eigenvalue weighted by Gasteiger charge is -2.06. The fraction of sp³-hybridized carbons (Fsp3) is 0.286. The maximum atomic E-state index is 5.74. The Morgan fingerprint density at radius 1 is 1.55 bits per heavy atom. The zero-order chi connectivity index (χ0) is 8.43. The Kier molecular flexibility index (Phi) is 2.71. The van der Waals surface area contributed by atoms with Crippen LogP contribution in [0.2, 0.25) is 10.2 Å². The van der Waals surface area contributed by atoms with Crippen LogP contribution in [-0.2, 0) is 0 Å². The second-order valence-electron chi connectivity index (χ2n) is 2.32. The van der Waals surface area contributed by atoms with Gasteiger partial charge in [-0.3, -0.25) is 0 Å². The molecule has 0 fully saturated rings. The molecule has 1 aromatic heterocycles. The Bertz CT molecular complexity index is 261. The van der Waals surface area contributed by atoms with Crippen LogP contribution < -0.4 is 5.73 Å². The topological polar surface area (TPSA) is 38.9 Å². The molecule has 1 rings (SSSR count). The van der Waals surface area contributed by atoms with Crippen molar-refractivity contribution >= 4 is 23.2 Å². The van der Waals surface area contributed by atoms with E-state index < -0.39 is 0 Å². The van der Waals surface area contributed by atoms with Crippen molar-refractivity contribution in [3.05, 3.63) is 28.0 Å². The first kappa shape index (κ1) is 8.78. The van der Waals surface area contributed by atoms with Crippen LogP contribution in [-0.4, -0.2) is 4.98 Å². The van der Waals surface area contributed by atoms with Gasteiger partial charge in [0.05, 0.1) is 5.02 Å². The minimum absolute atomic E-state index is 0.131. The molecule has 0 aromatic carbocycles. The van der Waals surface area contributed by atoms with E-state index in [1.165, 1.54) is 6.20 Å². The van der Waals surface area contributed by atoms with Crippen molar-refractivity contribution in [1.82, 2.24) is 4.98 Å². The van der Waals surface area contributed by atoms with Crippen molar-refractivity contribution in [2.75, 3.05) is 0 Å². The number of halogens is 2. The van der Waals surface area contributed by atoms with Crippen LogP contribution in [0.4, 0.5) is 0 Å². The van der Waals surface area contributed by atoms with E-state index in [0.29, 0.717) is 10.2 Å². The Balaban J connectivity index is 3.13. The quantitative estimate of drug-likeness (QED) is 0.692.